The van der Waals surface area contributed by atoms with Gasteiger partial charge in [-0.3, -0.25) is 9.59 Å². The molecule has 0 saturated carbocycles. The number of halogens is 1. The lowest BCUT2D eigenvalue weighted by molar-refractivity contribution is -0.138. The van der Waals surface area contributed by atoms with Gasteiger partial charge in [-0.15, -0.1) is 0 Å². The monoisotopic (exact) mass is 297 g/mol. The number of nitrogens with zero attached hydrogens (tertiary/aromatic N) is 1. The quantitative estimate of drug-likeness (QED) is 0.710. The fourth-order valence-corrected chi connectivity index (χ4v) is 1.73. The summed E-state index contributed by atoms with van der Waals surface area (Å²) < 4.78 is 18.1. The van der Waals surface area contributed by atoms with E-state index < -0.39 is 5.97 Å². The van der Waals surface area contributed by atoms with Crippen LogP contribution >= 0.6 is 0 Å². The maximum absolute atomic E-state index is 12.7. The Balaban J connectivity index is 2.15. The highest BCUT2D eigenvalue weighted by Gasteiger charge is 2.09. The Morgan fingerprint density at radius 1 is 1.19 bits per heavy atom. The second kappa shape index (κ2) is 8.94. The lowest BCUT2D eigenvalue weighted by atomic mass is 10.2. The largest absolute Gasteiger partial charge is 0.494 e. The van der Waals surface area contributed by atoms with Crippen molar-refractivity contribution in [2.45, 2.75) is 25.7 Å². The zero-order valence-electron chi connectivity index (χ0n) is 12.0. The summed E-state index contributed by atoms with van der Waals surface area (Å²) in [7, 11) is 1.66. The van der Waals surface area contributed by atoms with Crippen LogP contribution in [0.5, 0.6) is 5.75 Å². The molecule has 21 heavy (non-hydrogen) atoms. The Kier molecular flexibility index (Phi) is 7.21. The van der Waals surface area contributed by atoms with Gasteiger partial charge in [-0.1, -0.05) is 0 Å². The number of carbonyl (C=O) groups is 2. The molecule has 0 radical (unpaired) electrons. The van der Waals surface area contributed by atoms with Crippen molar-refractivity contribution in [3.8, 4) is 5.75 Å². The molecule has 0 aliphatic carbocycles. The van der Waals surface area contributed by atoms with E-state index in [2.05, 4.69) is 0 Å². The van der Waals surface area contributed by atoms with Crippen molar-refractivity contribution in [3.63, 3.8) is 0 Å². The average molecular weight is 297 g/mol. The number of amides is 1. The van der Waals surface area contributed by atoms with E-state index in [9.17, 15) is 14.0 Å². The molecule has 0 atom stereocenters. The van der Waals surface area contributed by atoms with E-state index in [1.54, 1.807) is 7.05 Å². The molecule has 6 heteroatoms. The first kappa shape index (κ1) is 16.9. The highest BCUT2D eigenvalue weighted by molar-refractivity contribution is 5.75. The van der Waals surface area contributed by atoms with Gasteiger partial charge < -0.3 is 14.7 Å². The van der Waals surface area contributed by atoms with Gasteiger partial charge in [-0.25, -0.2) is 4.39 Å². The molecule has 0 aromatic heterocycles. The molecule has 1 aromatic rings. The smallest absolute Gasteiger partial charge is 0.303 e. The van der Waals surface area contributed by atoms with E-state index in [1.807, 2.05) is 0 Å². The van der Waals surface area contributed by atoms with Gasteiger partial charge in [0.2, 0.25) is 5.91 Å². The Bertz CT molecular complexity index is 461. The van der Waals surface area contributed by atoms with Crippen LogP contribution in [0.3, 0.4) is 0 Å². The summed E-state index contributed by atoms with van der Waals surface area (Å²) in [6.07, 6.45) is 1.40. The second-order valence-corrected chi connectivity index (χ2v) is 4.72. The molecule has 1 amide bonds. The number of hydrogen-bond donors (Lipinski definition) is 1. The van der Waals surface area contributed by atoms with Crippen LogP contribution in [0.1, 0.15) is 25.7 Å². The summed E-state index contributed by atoms with van der Waals surface area (Å²) in [4.78, 5) is 23.7. The number of aliphatic carboxylic acids is 1. The highest BCUT2D eigenvalue weighted by atomic mass is 19.1. The van der Waals surface area contributed by atoms with Gasteiger partial charge in [0, 0.05) is 26.4 Å². The topological polar surface area (TPSA) is 66.8 Å². The fraction of sp³-hybridized carbons (Fsp3) is 0.467. The molecule has 0 heterocycles. The Hall–Kier alpha value is -2.11. The van der Waals surface area contributed by atoms with Crippen molar-refractivity contribution < 1.29 is 23.8 Å². The first-order valence-electron chi connectivity index (χ1n) is 6.83. The van der Waals surface area contributed by atoms with E-state index in [1.165, 1.54) is 29.2 Å². The molecule has 0 fully saturated rings. The van der Waals surface area contributed by atoms with Crippen LogP contribution < -0.4 is 4.74 Å². The first-order valence-corrected chi connectivity index (χ1v) is 6.83. The maximum atomic E-state index is 12.7. The van der Waals surface area contributed by atoms with E-state index >= 15 is 0 Å². The van der Waals surface area contributed by atoms with E-state index in [0.717, 1.165) is 0 Å². The Morgan fingerprint density at radius 3 is 2.48 bits per heavy atom. The van der Waals surface area contributed by atoms with Crippen molar-refractivity contribution in [1.82, 2.24) is 4.90 Å². The van der Waals surface area contributed by atoms with Crippen LogP contribution in [0, 0.1) is 5.82 Å². The van der Waals surface area contributed by atoms with Gasteiger partial charge in [-0.2, -0.15) is 0 Å². The molecule has 0 spiro atoms. The summed E-state index contributed by atoms with van der Waals surface area (Å²) in [6, 6.07) is 5.71. The Morgan fingerprint density at radius 2 is 1.86 bits per heavy atom. The number of carbonyl (C=O) groups excluding carboxylic acids is 1. The number of ether oxygens (including phenoxy) is 1. The lowest BCUT2D eigenvalue weighted by Gasteiger charge is -2.16. The molecule has 0 saturated heterocycles. The van der Waals surface area contributed by atoms with E-state index in [-0.39, 0.29) is 18.1 Å². The number of benzene rings is 1. The third-order valence-corrected chi connectivity index (χ3v) is 2.93. The molecule has 0 aliphatic rings. The van der Waals surface area contributed by atoms with Crippen molar-refractivity contribution in [2.24, 2.45) is 0 Å². The maximum Gasteiger partial charge on any atom is 0.303 e. The molecule has 5 nitrogen and oxygen atoms in total. The standard InChI is InChI=1S/C15H20FNO4/c1-17(10-2-5-15(19)20)14(18)4-3-11-21-13-8-6-12(16)7-9-13/h6-9H,2-5,10-11H2,1H3,(H,19,20). The van der Waals surface area contributed by atoms with E-state index in [0.29, 0.717) is 38.2 Å². The normalized spacial score (nSPS) is 10.2. The van der Waals surface area contributed by atoms with Gasteiger partial charge >= 0.3 is 5.97 Å². The van der Waals surface area contributed by atoms with Gasteiger partial charge in [0.15, 0.2) is 0 Å². The van der Waals surface area contributed by atoms with Gasteiger partial charge in [0.1, 0.15) is 11.6 Å². The molecule has 1 N–H and O–H groups in total. The zero-order valence-corrected chi connectivity index (χ0v) is 12.0. The van der Waals surface area contributed by atoms with Crippen molar-refractivity contribution in [1.29, 1.82) is 0 Å². The zero-order chi connectivity index (χ0) is 15.7. The molecule has 0 unspecified atom stereocenters. The molecule has 0 bridgehead atoms. The summed E-state index contributed by atoms with van der Waals surface area (Å²) >= 11 is 0. The lowest BCUT2D eigenvalue weighted by Crippen LogP contribution is -2.28. The third kappa shape index (κ3) is 7.29. The predicted molar refractivity (Wildman–Crippen MR) is 75.6 cm³/mol. The summed E-state index contributed by atoms with van der Waals surface area (Å²) in [5.41, 5.74) is 0. The van der Waals surface area contributed by atoms with Gasteiger partial charge in [0.25, 0.3) is 0 Å². The van der Waals surface area contributed by atoms with Crippen LogP contribution in [0.4, 0.5) is 4.39 Å². The van der Waals surface area contributed by atoms with Crippen LogP contribution in [0.2, 0.25) is 0 Å². The van der Waals surface area contributed by atoms with E-state index in [4.69, 9.17) is 9.84 Å². The highest BCUT2D eigenvalue weighted by Crippen LogP contribution is 2.11. The van der Waals surface area contributed by atoms with Crippen molar-refractivity contribution in [3.05, 3.63) is 30.1 Å². The van der Waals surface area contributed by atoms with Crippen LogP contribution in [0.25, 0.3) is 0 Å². The number of rotatable bonds is 9. The van der Waals surface area contributed by atoms with Gasteiger partial charge in [0.05, 0.1) is 6.61 Å². The SMILES string of the molecule is CN(CCCC(=O)O)C(=O)CCCOc1ccc(F)cc1. The molecule has 1 aromatic carbocycles. The number of hydrogen-bond acceptors (Lipinski definition) is 3. The minimum Gasteiger partial charge on any atom is -0.494 e. The summed E-state index contributed by atoms with van der Waals surface area (Å²) in [5.74, 6) is -0.647. The van der Waals surface area contributed by atoms with Crippen molar-refractivity contribution >= 4 is 11.9 Å². The number of carboxylic acid groups (broad SMARTS) is 1. The molecule has 116 valence electrons. The first-order chi connectivity index (χ1) is 9.99. The van der Waals surface area contributed by atoms with Gasteiger partial charge in [-0.05, 0) is 37.1 Å². The van der Waals surface area contributed by atoms with Crippen LogP contribution in [-0.4, -0.2) is 42.1 Å². The minimum absolute atomic E-state index is 0.0388. The summed E-state index contributed by atoms with van der Waals surface area (Å²) in [6.45, 7) is 0.810. The number of carboxylic acids is 1. The molecular weight excluding hydrogens is 277 g/mol. The molecule has 1 rings (SSSR count). The predicted octanol–water partition coefficient (Wildman–Crippen LogP) is 2.31. The Labute approximate surface area is 123 Å². The second-order valence-electron chi connectivity index (χ2n) is 4.72. The van der Waals surface area contributed by atoms with Crippen LogP contribution in [0.15, 0.2) is 24.3 Å². The average Bonchev–Trinajstić information content (AvgIpc) is 2.44. The molecular formula is C15H20FNO4. The van der Waals surface area contributed by atoms with Crippen molar-refractivity contribution in [2.75, 3.05) is 20.2 Å². The minimum atomic E-state index is -0.858. The third-order valence-electron chi connectivity index (χ3n) is 2.93. The van der Waals surface area contributed by atoms with Crippen LogP contribution in [-0.2, 0) is 9.59 Å². The fourth-order valence-electron chi connectivity index (χ4n) is 1.73. The molecule has 0 aliphatic heterocycles. The summed E-state index contributed by atoms with van der Waals surface area (Å²) in [5, 5.41) is 8.52.